The second-order valence-corrected chi connectivity index (χ2v) is 6.90. The maximum Gasteiger partial charge on any atom is 0.280 e. The Morgan fingerprint density at radius 2 is 1.69 bits per heavy atom. The monoisotopic (exact) mass is 381 g/mol. The van der Waals surface area contributed by atoms with Gasteiger partial charge in [-0.1, -0.05) is 60.7 Å². The fraction of sp³-hybridized carbons (Fsp3) is 0.0417. The molecule has 4 aromatic rings. The Bertz CT molecular complexity index is 1340. The van der Waals surface area contributed by atoms with Crippen LogP contribution < -0.4 is 21.7 Å². The van der Waals surface area contributed by atoms with E-state index in [0.717, 1.165) is 28.0 Å². The largest absolute Gasteiger partial charge is 0.465 e. The van der Waals surface area contributed by atoms with Gasteiger partial charge in [-0.3, -0.25) is 9.36 Å². The fourth-order valence-electron chi connectivity index (χ4n) is 3.51. The number of imidazole rings is 1. The summed E-state index contributed by atoms with van der Waals surface area (Å²) in [6.07, 6.45) is 5.83. The average molecular weight is 381 g/mol. The van der Waals surface area contributed by atoms with Gasteiger partial charge in [0.1, 0.15) is 16.6 Å². The normalized spacial score (nSPS) is 13.7. The van der Waals surface area contributed by atoms with Crippen molar-refractivity contribution in [1.29, 1.82) is 0 Å². The molecule has 0 aliphatic carbocycles. The number of aromatic nitrogens is 2. The van der Waals surface area contributed by atoms with Crippen LogP contribution in [0.3, 0.4) is 0 Å². The van der Waals surface area contributed by atoms with Crippen LogP contribution in [0.15, 0.2) is 88.3 Å². The summed E-state index contributed by atoms with van der Waals surface area (Å²) in [4.78, 5) is 16.4. The molecule has 0 amide bonds. The molecule has 3 heterocycles. The number of fused-ring (bicyclic) bond motifs is 1. The molecule has 2 aromatic heterocycles. The van der Waals surface area contributed by atoms with Crippen LogP contribution in [0, 0.1) is 0 Å². The number of rotatable bonds is 4. The number of aromatic amines is 1. The van der Waals surface area contributed by atoms with E-state index in [1.54, 1.807) is 23.0 Å². The summed E-state index contributed by atoms with van der Waals surface area (Å²) in [5.74, 6) is 0.631. The van der Waals surface area contributed by atoms with Crippen LogP contribution in [-0.2, 0) is 6.42 Å². The molecule has 1 aliphatic heterocycles. The maximum absolute atomic E-state index is 13.1. The topological polar surface area (TPSA) is 63.0 Å². The zero-order chi connectivity index (χ0) is 19.6. The molecule has 0 bridgehead atoms. The highest BCUT2D eigenvalue weighted by molar-refractivity contribution is 5.80. The standard InChI is InChI=1S/C24H19N3O2/c28-24-21(15-19-12-7-13-29-19)26-23-20(14-17-8-3-1-4-9-17)25-22(16-27(23)24)18-10-5-2-6-11-18/h1-13,15-16,25-26H,14H2. The second kappa shape index (κ2) is 7.20. The highest BCUT2D eigenvalue weighted by atomic mass is 16.3. The van der Waals surface area contributed by atoms with E-state index in [9.17, 15) is 4.79 Å². The molecular weight excluding hydrogens is 362 g/mol. The van der Waals surface area contributed by atoms with Crippen LogP contribution in [0.25, 0.3) is 23.7 Å². The van der Waals surface area contributed by atoms with Gasteiger partial charge in [-0.25, -0.2) is 0 Å². The smallest absolute Gasteiger partial charge is 0.280 e. The predicted molar refractivity (Wildman–Crippen MR) is 114 cm³/mol. The van der Waals surface area contributed by atoms with Crippen LogP contribution in [0.2, 0.25) is 0 Å². The van der Waals surface area contributed by atoms with Crippen molar-refractivity contribution in [2.24, 2.45) is 0 Å². The quantitative estimate of drug-likeness (QED) is 0.571. The fourth-order valence-corrected chi connectivity index (χ4v) is 3.51. The summed E-state index contributed by atoms with van der Waals surface area (Å²) in [5.41, 5.74) is 4.64. The number of H-pyrrole nitrogens is 1. The van der Waals surface area contributed by atoms with E-state index >= 15 is 0 Å². The minimum absolute atomic E-state index is 0.114. The van der Waals surface area contributed by atoms with E-state index in [2.05, 4.69) is 22.4 Å². The zero-order valence-corrected chi connectivity index (χ0v) is 15.6. The molecule has 0 spiro atoms. The van der Waals surface area contributed by atoms with Crippen molar-refractivity contribution in [3.8, 4) is 0 Å². The predicted octanol–water partition coefficient (Wildman–Crippen LogP) is 2.51. The van der Waals surface area contributed by atoms with E-state index in [0.29, 0.717) is 17.5 Å². The summed E-state index contributed by atoms with van der Waals surface area (Å²) in [6, 6.07) is 23.8. The molecule has 0 saturated carbocycles. The first-order valence-corrected chi connectivity index (χ1v) is 9.45. The zero-order valence-electron chi connectivity index (χ0n) is 15.6. The summed E-state index contributed by atoms with van der Waals surface area (Å²) < 4.78 is 7.05. The third-order valence-electron chi connectivity index (χ3n) is 4.91. The number of hydrogen-bond donors (Lipinski definition) is 2. The van der Waals surface area contributed by atoms with Crippen LogP contribution in [0.1, 0.15) is 16.9 Å². The van der Waals surface area contributed by atoms with Gasteiger partial charge in [0.15, 0.2) is 0 Å². The van der Waals surface area contributed by atoms with Gasteiger partial charge in [0, 0.05) is 18.7 Å². The summed E-state index contributed by atoms with van der Waals surface area (Å²) in [7, 11) is 0. The van der Waals surface area contributed by atoms with E-state index in [1.807, 2.05) is 60.8 Å². The molecule has 0 unspecified atom stereocenters. The lowest BCUT2D eigenvalue weighted by Crippen LogP contribution is -2.35. The summed E-state index contributed by atoms with van der Waals surface area (Å²) in [5, 5.41) is 4.00. The molecule has 29 heavy (non-hydrogen) atoms. The van der Waals surface area contributed by atoms with Crippen molar-refractivity contribution >= 4 is 23.7 Å². The molecule has 0 radical (unpaired) electrons. The van der Waals surface area contributed by atoms with Crippen LogP contribution in [0.4, 0.5) is 0 Å². The lowest BCUT2D eigenvalue weighted by Gasteiger charge is -2.19. The van der Waals surface area contributed by atoms with Crippen molar-refractivity contribution in [3.05, 3.63) is 117 Å². The van der Waals surface area contributed by atoms with Gasteiger partial charge in [0.2, 0.25) is 0 Å². The maximum atomic E-state index is 13.1. The van der Waals surface area contributed by atoms with Crippen LogP contribution >= 0.6 is 0 Å². The highest BCUT2D eigenvalue weighted by Crippen LogP contribution is 2.17. The van der Waals surface area contributed by atoms with Gasteiger partial charge in [-0.15, -0.1) is 0 Å². The summed E-state index contributed by atoms with van der Waals surface area (Å²) >= 11 is 0. The number of hydrogen-bond acceptors (Lipinski definition) is 3. The SMILES string of the molecule is O=c1c(=Cc2ccco2)[nH]c2n1C=C(c1ccccc1)NC=2Cc1ccccc1. The molecule has 142 valence electrons. The summed E-state index contributed by atoms with van der Waals surface area (Å²) in [6.45, 7) is 0. The van der Waals surface area contributed by atoms with Crippen LogP contribution in [0.5, 0.6) is 0 Å². The minimum Gasteiger partial charge on any atom is -0.465 e. The molecule has 0 fully saturated rings. The Hall–Kier alpha value is -3.99. The van der Waals surface area contributed by atoms with E-state index in [4.69, 9.17) is 4.42 Å². The van der Waals surface area contributed by atoms with Gasteiger partial charge in [-0.05, 0) is 23.3 Å². The molecule has 2 N–H and O–H groups in total. The Kier molecular flexibility index (Phi) is 4.26. The lowest BCUT2D eigenvalue weighted by atomic mass is 10.1. The van der Waals surface area contributed by atoms with Crippen molar-refractivity contribution in [1.82, 2.24) is 14.9 Å². The number of nitrogens with zero attached hydrogens (tertiary/aromatic N) is 1. The first-order chi connectivity index (χ1) is 14.3. The first kappa shape index (κ1) is 17.1. The van der Waals surface area contributed by atoms with Gasteiger partial charge in [0.25, 0.3) is 5.56 Å². The van der Waals surface area contributed by atoms with Crippen LogP contribution in [-0.4, -0.2) is 9.55 Å². The lowest BCUT2D eigenvalue weighted by molar-refractivity contribution is 0.556. The molecule has 5 nitrogen and oxygen atoms in total. The third kappa shape index (κ3) is 3.34. The average Bonchev–Trinajstić information content (AvgIpc) is 3.38. The van der Waals surface area contributed by atoms with Gasteiger partial charge >= 0.3 is 0 Å². The van der Waals surface area contributed by atoms with Crippen molar-refractivity contribution in [2.45, 2.75) is 6.42 Å². The Balaban J connectivity index is 1.70. The second-order valence-electron chi connectivity index (χ2n) is 6.90. The molecule has 5 heteroatoms. The van der Waals surface area contributed by atoms with E-state index in [1.165, 1.54) is 0 Å². The van der Waals surface area contributed by atoms with Crippen molar-refractivity contribution < 1.29 is 4.42 Å². The molecule has 0 saturated heterocycles. The molecule has 1 aliphatic rings. The van der Waals surface area contributed by atoms with Crippen molar-refractivity contribution in [2.75, 3.05) is 0 Å². The molecular formula is C24H19N3O2. The number of nitrogens with one attached hydrogen (secondary N) is 2. The number of benzene rings is 2. The molecule has 0 atom stereocenters. The van der Waals surface area contributed by atoms with Crippen molar-refractivity contribution in [3.63, 3.8) is 0 Å². The first-order valence-electron chi connectivity index (χ1n) is 9.45. The van der Waals surface area contributed by atoms with E-state index < -0.39 is 0 Å². The minimum atomic E-state index is -0.114. The van der Waals surface area contributed by atoms with E-state index in [-0.39, 0.29) is 5.56 Å². The Morgan fingerprint density at radius 1 is 0.931 bits per heavy atom. The third-order valence-corrected chi connectivity index (χ3v) is 4.91. The highest BCUT2D eigenvalue weighted by Gasteiger charge is 2.16. The van der Waals surface area contributed by atoms with Gasteiger partial charge in [0.05, 0.1) is 17.7 Å². The number of furan rings is 1. The Morgan fingerprint density at radius 3 is 2.41 bits per heavy atom. The molecule has 2 aromatic carbocycles. The Labute approximate surface area is 166 Å². The van der Waals surface area contributed by atoms with Gasteiger partial charge < -0.3 is 14.7 Å². The van der Waals surface area contributed by atoms with Gasteiger partial charge in [-0.2, -0.15) is 0 Å². The molecule has 5 rings (SSSR count).